The van der Waals surface area contributed by atoms with Gasteiger partial charge < -0.3 is 14.5 Å². The minimum Gasteiger partial charge on any atom is -0.461 e. The van der Waals surface area contributed by atoms with Crippen LogP contribution in [0.1, 0.15) is 69.4 Å². The largest absolute Gasteiger partial charge is 0.461 e. The van der Waals surface area contributed by atoms with E-state index in [0.717, 1.165) is 70.1 Å². The molecule has 42 heavy (non-hydrogen) atoms. The molecule has 0 unspecified atom stereocenters. The molecule has 2 atom stereocenters. The molecule has 2 aromatic heterocycles. The van der Waals surface area contributed by atoms with Gasteiger partial charge in [0, 0.05) is 48.4 Å². The maximum absolute atomic E-state index is 16.7. The number of pyridine rings is 1. The fraction of sp³-hybridized carbons (Fsp3) is 0.576. The Kier molecular flexibility index (Phi) is 6.35. The fourth-order valence-electron chi connectivity index (χ4n) is 8.54. The number of anilines is 1. The zero-order chi connectivity index (χ0) is 28.4. The number of carbonyl (C=O) groups excluding carboxylic acids is 1. The molecule has 5 aliphatic rings. The molecule has 220 valence electrons. The molecule has 0 bridgehead atoms. The van der Waals surface area contributed by atoms with Gasteiger partial charge in [-0.05, 0) is 88.1 Å². The summed E-state index contributed by atoms with van der Waals surface area (Å²) in [7, 11) is 0. The number of ether oxygens (including phenoxy) is 1. The molecular weight excluding hydrogens is 531 g/mol. The monoisotopic (exact) mass is 570 g/mol. The third-order valence-corrected chi connectivity index (χ3v) is 10.8. The van der Waals surface area contributed by atoms with Crippen molar-refractivity contribution < 1.29 is 13.9 Å². The molecule has 6 heterocycles. The highest BCUT2D eigenvalue weighted by molar-refractivity contribution is 5.94. The first kappa shape index (κ1) is 26.3. The van der Waals surface area contributed by atoms with Crippen LogP contribution >= 0.6 is 0 Å². The van der Waals surface area contributed by atoms with E-state index in [1.54, 1.807) is 6.20 Å². The van der Waals surface area contributed by atoms with Crippen molar-refractivity contribution in [1.82, 2.24) is 24.8 Å². The van der Waals surface area contributed by atoms with Crippen molar-refractivity contribution in [3.05, 3.63) is 41.5 Å². The highest BCUT2D eigenvalue weighted by Gasteiger charge is 2.50. The number of likely N-dealkylation sites (tertiary alicyclic amines) is 1. The van der Waals surface area contributed by atoms with Crippen LogP contribution in [0.4, 0.5) is 10.2 Å². The average Bonchev–Trinajstić information content (AvgIpc) is 3.68. The molecule has 9 heteroatoms. The molecule has 8 nitrogen and oxygen atoms in total. The zero-order valence-corrected chi connectivity index (χ0v) is 24.4. The van der Waals surface area contributed by atoms with Gasteiger partial charge in [0.15, 0.2) is 5.82 Å². The summed E-state index contributed by atoms with van der Waals surface area (Å²) >= 11 is 0. The van der Waals surface area contributed by atoms with Crippen LogP contribution in [0.5, 0.6) is 6.01 Å². The number of nitrogens with zero attached hydrogens (tertiary/aromatic N) is 6. The minimum absolute atomic E-state index is 0.0436. The number of halogens is 1. The number of rotatable bonds is 6. The second-order valence-corrected chi connectivity index (χ2v) is 12.9. The molecule has 0 saturated carbocycles. The third kappa shape index (κ3) is 4.02. The molecule has 0 spiro atoms. The lowest BCUT2D eigenvalue weighted by Crippen LogP contribution is -2.63. The highest BCUT2D eigenvalue weighted by Crippen LogP contribution is 2.43. The Morgan fingerprint density at radius 2 is 1.86 bits per heavy atom. The van der Waals surface area contributed by atoms with E-state index in [9.17, 15) is 4.79 Å². The first-order valence-electron chi connectivity index (χ1n) is 16.0. The van der Waals surface area contributed by atoms with E-state index in [0.29, 0.717) is 41.9 Å². The smallest absolute Gasteiger partial charge is 0.319 e. The van der Waals surface area contributed by atoms with Gasteiger partial charge in [-0.1, -0.05) is 13.0 Å². The van der Waals surface area contributed by atoms with Gasteiger partial charge in [0.05, 0.1) is 17.6 Å². The lowest BCUT2D eigenvalue weighted by molar-refractivity contribution is -0.132. The summed E-state index contributed by atoms with van der Waals surface area (Å²) in [5.41, 5.74) is 4.19. The Morgan fingerprint density at radius 3 is 2.69 bits per heavy atom. The molecule has 3 aromatic rings. The van der Waals surface area contributed by atoms with Crippen LogP contribution in [0.3, 0.4) is 0 Å². The van der Waals surface area contributed by atoms with Crippen LogP contribution in [-0.2, 0) is 17.6 Å². The maximum Gasteiger partial charge on any atom is 0.319 e. The van der Waals surface area contributed by atoms with Gasteiger partial charge in [-0.25, -0.2) is 4.39 Å². The Hall–Kier alpha value is -3.33. The van der Waals surface area contributed by atoms with Crippen molar-refractivity contribution in [2.24, 2.45) is 0 Å². The summed E-state index contributed by atoms with van der Waals surface area (Å²) in [4.78, 5) is 33.5. The van der Waals surface area contributed by atoms with Gasteiger partial charge in [0.2, 0.25) is 5.91 Å². The van der Waals surface area contributed by atoms with Crippen LogP contribution in [0.25, 0.3) is 22.0 Å². The van der Waals surface area contributed by atoms with Crippen molar-refractivity contribution >= 4 is 22.6 Å². The summed E-state index contributed by atoms with van der Waals surface area (Å²) in [6.07, 6.45) is 13.9. The Balaban J connectivity index is 1.20. The van der Waals surface area contributed by atoms with Crippen molar-refractivity contribution in [3.8, 4) is 17.1 Å². The van der Waals surface area contributed by atoms with E-state index in [1.807, 2.05) is 30.2 Å². The molecule has 1 amide bonds. The van der Waals surface area contributed by atoms with Gasteiger partial charge in [0.25, 0.3) is 0 Å². The SMILES string of the molecule is CCC(=O)N1CC[C@@H]2[C@H]1CN2c1nc(OCC23CCCN2CCC3)nc2c(F)c(-c3cncc4c3CCCC4)ccc12. The van der Waals surface area contributed by atoms with Gasteiger partial charge in [-0.15, -0.1) is 0 Å². The number of aryl methyl sites for hydroxylation is 1. The molecule has 4 fully saturated rings. The van der Waals surface area contributed by atoms with Crippen LogP contribution in [0.15, 0.2) is 24.5 Å². The number of hydrogen-bond donors (Lipinski definition) is 0. The van der Waals surface area contributed by atoms with Crippen LogP contribution < -0.4 is 9.64 Å². The molecular formula is C33H39FN6O2. The van der Waals surface area contributed by atoms with Crippen molar-refractivity contribution in [1.29, 1.82) is 0 Å². The van der Waals surface area contributed by atoms with Crippen LogP contribution in [0.2, 0.25) is 0 Å². The second kappa shape index (κ2) is 10.1. The molecule has 8 rings (SSSR count). The predicted molar refractivity (Wildman–Crippen MR) is 159 cm³/mol. The first-order chi connectivity index (χ1) is 20.6. The fourth-order valence-corrected chi connectivity index (χ4v) is 8.54. The summed E-state index contributed by atoms with van der Waals surface area (Å²) in [5.74, 6) is 0.577. The number of aromatic nitrogens is 3. The normalized spacial score (nSPS) is 24.4. The van der Waals surface area contributed by atoms with Gasteiger partial charge >= 0.3 is 6.01 Å². The summed E-state index contributed by atoms with van der Waals surface area (Å²) in [6.45, 7) is 6.13. The lowest BCUT2D eigenvalue weighted by Gasteiger charge is -2.47. The number of amides is 1. The van der Waals surface area contributed by atoms with Gasteiger partial charge in [-0.2, -0.15) is 9.97 Å². The van der Waals surface area contributed by atoms with Crippen molar-refractivity contribution in [2.45, 2.75) is 88.8 Å². The Morgan fingerprint density at radius 1 is 1.02 bits per heavy atom. The van der Waals surface area contributed by atoms with E-state index in [4.69, 9.17) is 14.7 Å². The Bertz CT molecular complexity index is 1550. The number of fused-ring (bicyclic) bond motifs is 4. The molecule has 4 aliphatic heterocycles. The lowest BCUT2D eigenvalue weighted by atomic mass is 9.87. The molecule has 0 N–H and O–H groups in total. The minimum atomic E-state index is -0.338. The summed E-state index contributed by atoms with van der Waals surface area (Å²) in [5, 5.41) is 0.696. The second-order valence-electron chi connectivity index (χ2n) is 12.9. The number of benzene rings is 1. The van der Waals surface area contributed by atoms with E-state index >= 15 is 4.39 Å². The van der Waals surface area contributed by atoms with Crippen molar-refractivity contribution in [2.75, 3.05) is 37.7 Å². The van der Waals surface area contributed by atoms with E-state index in [-0.39, 0.29) is 35.4 Å². The van der Waals surface area contributed by atoms with Crippen LogP contribution in [-0.4, -0.2) is 81.1 Å². The molecule has 1 aliphatic carbocycles. The first-order valence-corrected chi connectivity index (χ1v) is 16.0. The topological polar surface area (TPSA) is 74.7 Å². The highest BCUT2D eigenvalue weighted by atomic mass is 19.1. The third-order valence-electron chi connectivity index (χ3n) is 10.8. The standard InChI is InChI=1S/C33H39FN6O2/c1-2-28(41)39-16-11-26-27(39)19-40(26)31-24-10-9-23(25-18-35-17-21-7-3-4-8-22(21)25)29(34)30(24)36-32(37-31)42-20-33-12-5-14-38(33)15-6-13-33/h9-10,17-18,26-27H,2-8,11-16,19-20H2,1H3/t26-,27-/m1/s1. The quantitative estimate of drug-likeness (QED) is 0.417. The molecule has 0 radical (unpaired) electrons. The van der Waals surface area contributed by atoms with Gasteiger partial charge in [-0.3, -0.25) is 14.7 Å². The zero-order valence-electron chi connectivity index (χ0n) is 24.4. The maximum atomic E-state index is 16.7. The number of hydrogen-bond acceptors (Lipinski definition) is 7. The average molecular weight is 571 g/mol. The molecule has 4 saturated heterocycles. The van der Waals surface area contributed by atoms with Gasteiger partial charge in [0.1, 0.15) is 17.9 Å². The van der Waals surface area contributed by atoms with E-state index in [1.165, 1.54) is 24.0 Å². The van der Waals surface area contributed by atoms with E-state index in [2.05, 4.69) is 14.8 Å². The Labute approximate surface area is 246 Å². The van der Waals surface area contributed by atoms with E-state index < -0.39 is 0 Å². The summed E-state index contributed by atoms with van der Waals surface area (Å²) < 4.78 is 23.1. The van der Waals surface area contributed by atoms with Crippen LogP contribution in [0, 0.1) is 5.82 Å². The molecule has 1 aromatic carbocycles. The predicted octanol–water partition coefficient (Wildman–Crippen LogP) is 4.92. The number of carbonyl (C=O) groups is 1. The summed E-state index contributed by atoms with van der Waals surface area (Å²) in [6, 6.07) is 4.46. The van der Waals surface area contributed by atoms with Crippen molar-refractivity contribution in [3.63, 3.8) is 0 Å².